The molecule has 0 aliphatic rings. The van der Waals surface area contributed by atoms with Crippen LogP contribution in [0.5, 0.6) is 0 Å². The molecule has 0 radical (unpaired) electrons. The zero-order chi connectivity index (χ0) is 17.7. The number of aromatic nitrogens is 1. The van der Waals surface area contributed by atoms with E-state index in [1.165, 1.54) is 12.1 Å². The summed E-state index contributed by atoms with van der Waals surface area (Å²) in [5.74, 6) is -0.588. The summed E-state index contributed by atoms with van der Waals surface area (Å²) in [5, 5.41) is 7.18. The van der Waals surface area contributed by atoms with E-state index >= 15 is 0 Å². The lowest BCUT2D eigenvalue weighted by molar-refractivity contribution is 0.579. The Bertz CT molecular complexity index is 730. The van der Waals surface area contributed by atoms with Crippen molar-refractivity contribution in [1.82, 2.24) is 15.2 Å². The summed E-state index contributed by atoms with van der Waals surface area (Å²) in [5.41, 5.74) is 1.48. The highest BCUT2D eigenvalue weighted by molar-refractivity contribution is 14.0. The standard InChI is InChI=1S/C16H18Cl2F2N4.HI/c1-21-16(23-9-13-8-14(17)15(18)24(13)2)22-4-3-10-5-11(19)7-12(20)6-10;/h5-8H,3-4,9H2,1-2H3,(H2,21,22,23);1H. The Balaban J connectivity index is 0.00000312. The van der Waals surface area contributed by atoms with Crippen LogP contribution in [0.2, 0.25) is 10.2 Å². The molecule has 2 rings (SSSR count). The molecule has 0 saturated heterocycles. The molecule has 0 aliphatic carbocycles. The minimum atomic E-state index is -0.579. The van der Waals surface area contributed by atoms with Crippen molar-refractivity contribution in [3.05, 3.63) is 57.3 Å². The van der Waals surface area contributed by atoms with Crippen LogP contribution in [0, 0.1) is 11.6 Å². The van der Waals surface area contributed by atoms with Gasteiger partial charge in [-0.25, -0.2) is 8.78 Å². The molecule has 0 atom stereocenters. The predicted molar refractivity (Wildman–Crippen MR) is 109 cm³/mol. The fourth-order valence-electron chi connectivity index (χ4n) is 2.23. The number of benzene rings is 1. The molecule has 0 amide bonds. The van der Waals surface area contributed by atoms with Gasteiger partial charge in [0, 0.05) is 32.4 Å². The highest BCUT2D eigenvalue weighted by Crippen LogP contribution is 2.24. The first kappa shape index (κ1) is 22.0. The average molecular weight is 503 g/mol. The Morgan fingerprint density at radius 3 is 2.28 bits per heavy atom. The molecule has 1 aromatic heterocycles. The molecule has 9 heteroatoms. The van der Waals surface area contributed by atoms with Gasteiger partial charge in [-0.2, -0.15) is 0 Å². The Hall–Kier alpha value is -1.06. The first-order chi connectivity index (χ1) is 11.4. The van der Waals surface area contributed by atoms with Crippen molar-refractivity contribution in [1.29, 1.82) is 0 Å². The van der Waals surface area contributed by atoms with E-state index in [0.717, 1.165) is 11.8 Å². The predicted octanol–water partition coefficient (Wildman–Crippen LogP) is 4.14. The second kappa shape index (κ2) is 10.2. The van der Waals surface area contributed by atoms with Gasteiger partial charge < -0.3 is 15.2 Å². The second-order valence-corrected chi connectivity index (χ2v) is 5.98. The lowest BCUT2D eigenvalue weighted by Gasteiger charge is -2.12. The molecule has 0 aliphatic heterocycles. The molecule has 1 aromatic carbocycles. The van der Waals surface area contributed by atoms with Crippen LogP contribution in [0.1, 0.15) is 11.3 Å². The van der Waals surface area contributed by atoms with Crippen LogP contribution in [-0.2, 0) is 20.0 Å². The van der Waals surface area contributed by atoms with Crippen molar-refractivity contribution in [2.24, 2.45) is 12.0 Å². The van der Waals surface area contributed by atoms with Gasteiger partial charge in [-0.05, 0) is 30.2 Å². The summed E-state index contributed by atoms with van der Waals surface area (Å²) in [4.78, 5) is 4.10. The molecule has 0 fully saturated rings. The van der Waals surface area contributed by atoms with Gasteiger partial charge in [-0.15, -0.1) is 24.0 Å². The van der Waals surface area contributed by atoms with Gasteiger partial charge >= 0.3 is 0 Å². The molecule has 25 heavy (non-hydrogen) atoms. The van der Waals surface area contributed by atoms with Crippen molar-refractivity contribution in [2.75, 3.05) is 13.6 Å². The van der Waals surface area contributed by atoms with Crippen molar-refractivity contribution in [2.45, 2.75) is 13.0 Å². The Labute approximate surface area is 172 Å². The van der Waals surface area contributed by atoms with Crippen LogP contribution in [0.4, 0.5) is 8.78 Å². The first-order valence-corrected chi connectivity index (χ1v) is 8.05. The number of rotatable bonds is 5. The lowest BCUT2D eigenvalue weighted by Crippen LogP contribution is -2.38. The molecule has 4 nitrogen and oxygen atoms in total. The lowest BCUT2D eigenvalue weighted by atomic mass is 10.1. The monoisotopic (exact) mass is 502 g/mol. The zero-order valence-corrected chi connectivity index (χ0v) is 17.6. The number of nitrogens with one attached hydrogen (secondary N) is 2. The summed E-state index contributed by atoms with van der Waals surface area (Å²) in [6.07, 6.45) is 0.469. The van der Waals surface area contributed by atoms with Crippen LogP contribution in [0.25, 0.3) is 0 Å². The maximum absolute atomic E-state index is 13.1. The smallest absolute Gasteiger partial charge is 0.191 e. The van der Waals surface area contributed by atoms with Gasteiger partial charge in [0.05, 0.1) is 11.6 Å². The Morgan fingerprint density at radius 1 is 1.12 bits per heavy atom. The number of halogens is 5. The highest BCUT2D eigenvalue weighted by Gasteiger charge is 2.09. The number of hydrogen-bond acceptors (Lipinski definition) is 1. The summed E-state index contributed by atoms with van der Waals surface area (Å²) >= 11 is 12.0. The topological polar surface area (TPSA) is 41.4 Å². The summed E-state index contributed by atoms with van der Waals surface area (Å²) in [6, 6.07) is 5.26. The van der Waals surface area contributed by atoms with Crippen molar-refractivity contribution in [3.8, 4) is 0 Å². The highest BCUT2D eigenvalue weighted by atomic mass is 127. The van der Waals surface area contributed by atoms with Crippen molar-refractivity contribution in [3.63, 3.8) is 0 Å². The molecule has 2 N–H and O–H groups in total. The van der Waals surface area contributed by atoms with Gasteiger partial charge in [0.15, 0.2) is 5.96 Å². The summed E-state index contributed by atoms with van der Waals surface area (Å²) in [6.45, 7) is 0.967. The van der Waals surface area contributed by atoms with Gasteiger partial charge in [-0.1, -0.05) is 23.2 Å². The van der Waals surface area contributed by atoms with E-state index in [1.54, 1.807) is 17.7 Å². The van der Waals surface area contributed by atoms with E-state index in [-0.39, 0.29) is 24.0 Å². The SMILES string of the molecule is CN=C(NCCc1cc(F)cc(F)c1)NCc1cc(Cl)c(Cl)n1C.I. The Kier molecular flexibility index (Phi) is 8.95. The molecular weight excluding hydrogens is 484 g/mol. The third kappa shape index (κ3) is 6.31. The van der Waals surface area contributed by atoms with Gasteiger partial charge in [0.2, 0.25) is 0 Å². The average Bonchev–Trinajstić information content (AvgIpc) is 2.77. The van der Waals surface area contributed by atoms with E-state index in [0.29, 0.717) is 41.2 Å². The minimum Gasteiger partial charge on any atom is -0.356 e. The molecule has 0 unspecified atom stereocenters. The van der Waals surface area contributed by atoms with Crippen LogP contribution in [0.15, 0.2) is 29.3 Å². The van der Waals surface area contributed by atoms with E-state index in [2.05, 4.69) is 15.6 Å². The summed E-state index contributed by atoms with van der Waals surface area (Å²) in [7, 11) is 3.46. The number of guanidine groups is 1. The number of nitrogens with zero attached hydrogens (tertiary/aromatic N) is 2. The molecule has 2 aromatic rings. The van der Waals surface area contributed by atoms with E-state index < -0.39 is 11.6 Å². The van der Waals surface area contributed by atoms with E-state index in [9.17, 15) is 8.78 Å². The minimum absolute atomic E-state index is 0. The van der Waals surface area contributed by atoms with Gasteiger partial charge in [-0.3, -0.25) is 4.99 Å². The van der Waals surface area contributed by atoms with E-state index in [1.807, 2.05) is 7.05 Å². The van der Waals surface area contributed by atoms with Crippen molar-refractivity contribution >= 4 is 53.1 Å². The van der Waals surface area contributed by atoms with Gasteiger partial charge in [0.1, 0.15) is 16.8 Å². The second-order valence-electron chi connectivity index (χ2n) is 5.21. The van der Waals surface area contributed by atoms with E-state index in [4.69, 9.17) is 23.2 Å². The fourth-order valence-corrected chi connectivity index (χ4v) is 2.65. The quantitative estimate of drug-likeness (QED) is 0.366. The van der Waals surface area contributed by atoms with Gasteiger partial charge in [0.25, 0.3) is 0 Å². The molecule has 138 valence electrons. The third-order valence-electron chi connectivity index (χ3n) is 3.50. The molecule has 0 bridgehead atoms. The molecular formula is C16H19Cl2F2IN4. The Morgan fingerprint density at radius 2 is 1.76 bits per heavy atom. The largest absolute Gasteiger partial charge is 0.356 e. The fraction of sp³-hybridized carbons (Fsp3) is 0.312. The maximum atomic E-state index is 13.1. The van der Waals surface area contributed by atoms with Crippen LogP contribution in [0.3, 0.4) is 0 Å². The molecule has 1 heterocycles. The first-order valence-electron chi connectivity index (χ1n) is 7.29. The van der Waals surface area contributed by atoms with Crippen LogP contribution >= 0.6 is 47.2 Å². The third-order valence-corrected chi connectivity index (χ3v) is 4.35. The number of aliphatic imine (C=N–C) groups is 1. The number of hydrogen-bond donors (Lipinski definition) is 2. The van der Waals surface area contributed by atoms with Crippen LogP contribution < -0.4 is 10.6 Å². The summed E-state index contributed by atoms with van der Waals surface area (Å²) < 4.78 is 28.1. The van der Waals surface area contributed by atoms with Crippen molar-refractivity contribution < 1.29 is 8.78 Å². The maximum Gasteiger partial charge on any atom is 0.191 e. The molecule has 0 saturated carbocycles. The van der Waals surface area contributed by atoms with Crippen LogP contribution in [-0.4, -0.2) is 24.1 Å². The zero-order valence-electron chi connectivity index (χ0n) is 13.7. The normalized spacial score (nSPS) is 11.2. The molecule has 0 spiro atoms.